The van der Waals surface area contributed by atoms with Gasteiger partial charge < -0.3 is 4.74 Å². The SMILES string of the molecule is COc1cccc(-n2nnn(C)c2=O)c1COO. The molecule has 8 nitrogen and oxygen atoms in total. The fourth-order valence-electron chi connectivity index (χ4n) is 1.62. The number of ether oxygens (including phenoxy) is 1. The Morgan fingerprint density at radius 3 is 2.72 bits per heavy atom. The first-order valence-corrected chi connectivity index (χ1v) is 5.10. The van der Waals surface area contributed by atoms with E-state index in [1.807, 2.05) is 0 Å². The summed E-state index contributed by atoms with van der Waals surface area (Å²) in [5.41, 5.74) is 0.550. The molecular formula is C10H12N4O4. The molecule has 0 saturated carbocycles. The molecule has 8 heteroatoms. The van der Waals surface area contributed by atoms with E-state index in [9.17, 15) is 4.79 Å². The van der Waals surface area contributed by atoms with E-state index in [1.54, 1.807) is 18.2 Å². The molecule has 0 radical (unpaired) electrons. The van der Waals surface area contributed by atoms with Gasteiger partial charge in [-0.1, -0.05) is 6.07 Å². The number of hydrogen-bond donors (Lipinski definition) is 1. The molecule has 0 aliphatic heterocycles. The van der Waals surface area contributed by atoms with Gasteiger partial charge in [-0.15, -0.1) is 0 Å². The highest BCUT2D eigenvalue weighted by molar-refractivity contribution is 5.48. The first-order valence-electron chi connectivity index (χ1n) is 5.10. The van der Waals surface area contributed by atoms with Crippen molar-refractivity contribution in [1.29, 1.82) is 0 Å². The number of aromatic nitrogens is 4. The lowest BCUT2D eigenvalue weighted by Crippen LogP contribution is -2.23. The summed E-state index contributed by atoms with van der Waals surface area (Å²) in [5.74, 6) is 0.485. The third-order valence-corrected chi connectivity index (χ3v) is 2.49. The number of aryl methyl sites for hydroxylation is 1. The summed E-state index contributed by atoms with van der Waals surface area (Å²) in [4.78, 5) is 15.9. The van der Waals surface area contributed by atoms with E-state index in [-0.39, 0.29) is 6.61 Å². The van der Waals surface area contributed by atoms with Gasteiger partial charge in [0, 0.05) is 12.6 Å². The van der Waals surface area contributed by atoms with Crippen LogP contribution in [0.2, 0.25) is 0 Å². The molecule has 0 aliphatic carbocycles. The van der Waals surface area contributed by atoms with Gasteiger partial charge in [-0.3, -0.25) is 5.26 Å². The Morgan fingerprint density at radius 2 is 2.17 bits per heavy atom. The monoisotopic (exact) mass is 252 g/mol. The largest absolute Gasteiger partial charge is 0.496 e. The minimum absolute atomic E-state index is 0.123. The molecule has 18 heavy (non-hydrogen) atoms. The minimum atomic E-state index is -0.401. The number of methoxy groups -OCH3 is 1. The Balaban J connectivity index is 2.63. The van der Waals surface area contributed by atoms with Crippen molar-refractivity contribution in [3.63, 3.8) is 0 Å². The molecule has 1 aromatic heterocycles. The van der Waals surface area contributed by atoms with Crippen LogP contribution in [0.25, 0.3) is 5.69 Å². The highest BCUT2D eigenvalue weighted by Gasteiger charge is 2.15. The zero-order valence-electron chi connectivity index (χ0n) is 9.90. The number of tetrazole rings is 1. The number of benzene rings is 1. The average molecular weight is 252 g/mol. The molecule has 0 atom stereocenters. The van der Waals surface area contributed by atoms with Gasteiger partial charge in [-0.05, 0) is 22.6 Å². The number of nitrogens with zero attached hydrogens (tertiary/aromatic N) is 4. The van der Waals surface area contributed by atoms with E-state index in [4.69, 9.17) is 9.99 Å². The van der Waals surface area contributed by atoms with Gasteiger partial charge in [0.15, 0.2) is 0 Å². The lowest BCUT2D eigenvalue weighted by atomic mass is 10.1. The second-order valence-corrected chi connectivity index (χ2v) is 3.53. The summed E-state index contributed by atoms with van der Waals surface area (Å²) in [7, 11) is 2.98. The van der Waals surface area contributed by atoms with Crippen molar-refractivity contribution in [3.8, 4) is 11.4 Å². The maximum atomic E-state index is 11.8. The van der Waals surface area contributed by atoms with Crippen LogP contribution in [-0.2, 0) is 18.5 Å². The van der Waals surface area contributed by atoms with Crippen LogP contribution < -0.4 is 10.4 Å². The van der Waals surface area contributed by atoms with E-state index < -0.39 is 5.69 Å². The van der Waals surface area contributed by atoms with E-state index in [0.717, 1.165) is 9.36 Å². The van der Waals surface area contributed by atoms with Crippen LogP contribution in [0.5, 0.6) is 5.75 Å². The second kappa shape index (κ2) is 4.98. The predicted octanol–water partition coefficient (Wildman–Crippen LogP) is -0.0358. The van der Waals surface area contributed by atoms with Crippen LogP contribution in [0.3, 0.4) is 0 Å². The average Bonchev–Trinajstić information content (AvgIpc) is 2.71. The third kappa shape index (κ3) is 1.98. The van der Waals surface area contributed by atoms with Crippen molar-refractivity contribution in [2.45, 2.75) is 6.61 Å². The van der Waals surface area contributed by atoms with Crippen LogP contribution in [0.15, 0.2) is 23.0 Å². The molecule has 1 aromatic carbocycles. The summed E-state index contributed by atoms with van der Waals surface area (Å²) in [6.45, 7) is -0.123. The molecule has 0 spiro atoms. The Hall–Kier alpha value is -2.19. The minimum Gasteiger partial charge on any atom is -0.496 e. The van der Waals surface area contributed by atoms with E-state index in [0.29, 0.717) is 17.0 Å². The first-order chi connectivity index (χ1) is 8.69. The summed E-state index contributed by atoms with van der Waals surface area (Å²) < 4.78 is 7.35. The van der Waals surface area contributed by atoms with Crippen LogP contribution in [0.4, 0.5) is 0 Å². The van der Waals surface area contributed by atoms with Crippen LogP contribution >= 0.6 is 0 Å². The zero-order valence-corrected chi connectivity index (χ0v) is 9.90. The van der Waals surface area contributed by atoms with Gasteiger partial charge in [-0.25, -0.2) is 9.68 Å². The first kappa shape index (κ1) is 12.3. The molecule has 0 saturated heterocycles. The van der Waals surface area contributed by atoms with Gasteiger partial charge >= 0.3 is 5.69 Å². The van der Waals surface area contributed by atoms with Gasteiger partial charge in [0.1, 0.15) is 12.4 Å². The third-order valence-electron chi connectivity index (χ3n) is 2.49. The lowest BCUT2D eigenvalue weighted by molar-refractivity contribution is -0.253. The van der Waals surface area contributed by atoms with E-state index >= 15 is 0 Å². The van der Waals surface area contributed by atoms with Crippen LogP contribution in [0, 0.1) is 0 Å². The van der Waals surface area contributed by atoms with Crippen molar-refractivity contribution in [3.05, 3.63) is 34.2 Å². The van der Waals surface area contributed by atoms with Crippen LogP contribution in [-0.4, -0.2) is 32.2 Å². The van der Waals surface area contributed by atoms with Crippen molar-refractivity contribution in [1.82, 2.24) is 19.8 Å². The second-order valence-electron chi connectivity index (χ2n) is 3.53. The topological polar surface area (TPSA) is 91.4 Å². The Kier molecular flexibility index (Phi) is 3.40. The maximum absolute atomic E-state index is 11.8. The molecule has 0 amide bonds. The number of rotatable bonds is 4. The smallest absolute Gasteiger partial charge is 0.368 e. The van der Waals surface area contributed by atoms with Crippen LogP contribution in [0.1, 0.15) is 5.56 Å². The van der Waals surface area contributed by atoms with Crippen molar-refractivity contribution in [2.24, 2.45) is 7.05 Å². The quantitative estimate of drug-likeness (QED) is 0.606. The molecule has 96 valence electrons. The summed E-state index contributed by atoms with van der Waals surface area (Å²) in [6, 6.07) is 5.06. The molecule has 1 N–H and O–H groups in total. The molecular weight excluding hydrogens is 240 g/mol. The highest BCUT2D eigenvalue weighted by atomic mass is 17.1. The summed E-state index contributed by atoms with van der Waals surface area (Å²) in [6.07, 6.45) is 0. The fourth-order valence-corrected chi connectivity index (χ4v) is 1.62. The zero-order chi connectivity index (χ0) is 13.1. The molecule has 0 fully saturated rings. The lowest BCUT2D eigenvalue weighted by Gasteiger charge is -2.11. The van der Waals surface area contributed by atoms with Gasteiger partial charge in [-0.2, -0.15) is 9.36 Å². The molecule has 1 heterocycles. The van der Waals surface area contributed by atoms with Crippen molar-refractivity contribution >= 4 is 0 Å². The highest BCUT2D eigenvalue weighted by Crippen LogP contribution is 2.24. The van der Waals surface area contributed by atoms with Crippen molar-refractivity contribution < 1.29 is 14.9 Å². The van der Waals surface area contributed by atoms with Gasteiger partial charge in [0.25, 0.3) is 0 Å². The Labute approximate surface area is 102 Å². The normalized spacial score (nSPS) is 10.6. The van der Waals surface area contributed by atoms with Gasteiger partial charge in [0.2, 0.25) is 0 Å². The molecule has 0 bridgehead atoms. The maximum Gasteiger partial charge on any atom is 0.368 e. The summed E-state index contributed by atoms with van der Waals surface area (Å²) in [5, 5.41) is 16.0. The Bertz CT molecular complexity index is 604. The molecule has 2 aromatic rings. The standard InChI is InChI=1S/C10H12N4O4/c1-13-10(15)14(12-11-13)8-4-3-5-9(17-2)7(8)6-18-16/h3-5,16H,6H2,1-2H3. The van der Waals surface area contributed by atoms with Gasteiger partial charge in [0.05, 0.1) is 12.8 Å². The fraction of sp³-hybridized carbons (Fsp3) is 0.300. The molecule has 2 rings (SSSR count). The molecule has 0 unspecified atom stereocenters. The number of hydrogen-bond acceptors (Lipinski definition) is 6. The summed E-state index contributed by atoms with van der Waals surface area (Å²) >= 11 is 0. The predicted molar refractivity (Wildman–Crippen MR) is 60.6 cm³/mol. The van der Waals surface area contributed by atoms with E-state index in [2.05, 4.69) is 15.3 Å². The van der Waals surface area contributed by atoms with E-state index in [1.165, 1.54) is 14.2 Å². The Morgan fingerprint density at radius 1 is 1.39 bits per heavy atom. The molecule has 0 aliphatic rings. The van der Waals surface area contributed by atoms with Crippen molar-refractivity contribution in [2.75, 3.05) is 7.11 Å².